The Balaban J connectivity index is 1.65. The van der Waals surface area contributed by atoms with Crippen LogP contribution in [0.5, 0.6) is 0 Å². The summed E-state index contributed by atoms with van der Waals surface area (Å²) in [4.78, 5) is 38.8. The summed E-state index contributed by atoms with van der Waals surface area (Å²) in [6.07, 6.45) is 2.14. The van der Waals surface area contributed by atoms with Gasteiger partial charge in [-0.2, -0.15) is 5.10 Å². The molecule has 190 valence electrons. The van der Waals surface area contributed by atoms with E-state index in [1.54, 1.807) is 25.1 Å². The summed E-state index contributed by atoms with van der Waals surface area (Å²) in [6.45, 7) is 4.03. The Morgan fingerprint density at radius 3 is 2.47 bits per heavy atom. The van der Waals surface area contributed by atoms with E-state index >= 15 is 0 Å². The van der Waals surface area contributed by atoms with Crippen molar-refractivity contribution in [1.82, 2.24) is 20.0 Å². The van der Waals surface area contributed by atoms with Crippen LogP contribution in [0.25, 0.3) is 11.3 Å². The number of esters is 1. The first kappa shape index (κ1) is 26.8. The molecule has 1 amide bonds. The van der Waals surface area contributed by atoms with E-state index in [4.69, 9.17) is 4.74 Å². The van der Waals surface area contributed by atoms with E-state index < -0.39 is 0 Å². The monoisotopic (exact) mass is 490 g/mol. The molecule has 8 nitrogen and oxygen atoms in total. The van der Waals surface area contributed by atoms with Crippen LogP contribution < -0.4 is 10.9 Å². The van der Waals surface area contributed by atoms with Gasteiger partial charge in [-0.3, -0.25) is 14.4 Å². The van der Waals surface area contributed by atoms with E-state index in [0.29, 0.717) is 24.4 Å². The van der Waals surface area contributed by atoms with Crippen molar-refractivity contribution in [2.45, 2.75) is 32.7 Å². The molecule has 0 unspecified atom stereocenters. The summed E-state index contributed by atoms with van der Waals surface area (Å²) in [5.74, 6) is -0.388. The van der Waals surface area contributed by atoms with Crippen molar-refractivity contribution in [2.24, 2.45) is 0 Å². The maximum atomic E-state index is 12.5. The second-order valence-electron chi connectivity index (χ2n) is 8.86. The molecule has 0 saturated heterocycles. The Kier molecular flexibility index (Phi) is 9.94. The second kappa shape index (κ2) is 13.3. The first-order chi connectivity index (χ1) is 17.4. The number of hydrogen-bond acceptors (Lipinski definition) is 6. The molecule has 36 heavy (non-hydrogen) atoms. The highest BCUT2D eigenvalue weighted by Gasteiger charge is 2.09. The fourth-order valence-corrected chi connectivity index (χ4v) is 3.76. The molecule has 0 fully saturated rings. The van der Waals surface area contributed by atoms with Crippen LogP contribution in [0.4, 0.5) is 0 Å². The number of nitrogens with zero attached hydrogens (tertiary/aromatic N) is 3. The lowest BCUT2D eigenvalue weighted by Gasteiger charge is -2.10. The molecule has 0 bridgehead atoms. The zero-order chi connectivity index (χ0) is 25.9. The van der Waals surface area contributed by atoms with Crippen LogP contribution in [0.3, 0.4) is 0 Å². The second-order valence-corrected chi connectivity index (χ2v) is 8.86. The van der Waals surface area contributed by atoms with Crippen LogP contribution in [0.2, 0.25) is 0 Å². The van der Waals surface area contributed by atoms with E-state index in [9.17, 15) is 14.4 Å². The van der Waals surface area contributed by atoms with E-state index in [-0.39, 0.29) is 30.4 Å². The van der Waals surface area contributed by atoms with Gasteiger partial charge in [-0.15, -0.1) is 0 Å². The molecule has 0 aliphatic rings. The fourth-order valence-electron chi connectivity index (χ4n) is 3.76. The number of rotatable bonds is 12. The van der Waals surface area contributed by atoms with Gasteiger partial charge in [-0.1, -0.05) is 36.4 Å². The highest BCUT2D eigenvalue weighted by atomic mass is 16.5. The van der Waals surface area contributed by atoms with Crippen molar-refractivity contribution in [2.75, 3.05) is 33.8 Å². The van der Waals surface area contributed by atoms with Gasteiger partial charge in [0, 0.05) is 23.7 Å². The molecular formula is C28H34N4O4. The number of ether oxygens (including phenoxy) is 1. The summed E-state index contributed by atoms with van der Waals surface area (Å²) in [6, 6.07) is 17.8. The first-order valence-electron chi connectivity index (χ1n) is 12.2. The average Bonchev–Trinajstić information content (AvgIpc) is 2.85. The molecule has 1 heterocycles. The van der Waals surface area contributed by atoms with Crippen molar-refractivity contribution in [3.05, 3.63) is 87.7 Å². The zero-order valence-corrected chi connectivity index (χ0v) is 21.2. The topological polar surface area (TPSA) is 93.5 Å². The molecule has 3 aromatic rings. The quantitative estimate of drug-likeness (QED) is 0.310. The number of benzene rings is 2. The highest BCUT2D eigenvalue weighted by molar-refractivity contribution is 5.94. The Morgan fingerprint density at radius 1 is 1.00 bits per heavy atom. The van der Waals surface area contributed by atoms with Crippen LogP contribution in [-0.4, -0.2) is 60.3 Å². The molecule has 1 N–H and O–H groups in total. The minimum absolute atomic E-state index is 0.105. The molecule has 0 saturated carbocycles. The molecular weight excluding hydrogens is 456 g/mol. The minimum atomic E-state index is -0.284. The third-order valence-electron chi connectivity index (χ3n) is 5.60. The van der Waals surface area contributed by atoms with Gasteiger partial charge < -0.3 is 15.0 Å². The molecule has 3 rings (SSSR count). The SMILES string of the molecule is CCOC(=O)Cc1cccc(Cn2nc(-c3ccc(C(=O)NCCCCN(C)C)cc3)ccc2=O)c1. The summed E-state index contributed by atoms with van der Waals surface area (Å²) in [5.41, 5.74) is 3.48. The fraction of sp³-hybridized carbons (Fsp3) is 0.357. The Morgan fingerprint density at radius 2 is 1.75 bits per heavy atom. The summed E-state index contributed by atoms with van der Waals surface area (Å²) in [5, 5.41) is 7.48. The summed E-state index contributed by atoms with van der Waals surface area (Å²) in [7, 11) is 4.07. The number of hydrogen-bond donors (Lipinski definition) is 1. The Hall–Kier alpha value is -3.78. The number of aromatic nitrogens is 2. The van der Waals surface area contributed by atoms with E-state index in [1.807, 2.05) is 50.5 Å². The minimum Gasteiger partial charge on any atom is -0.466 e. The van der Waals surface area contributed by atoms with Gasteiger partial charge >= 0.3 is 5.97 Å². The molecule has 1 aromatic heterocycles. The van der Waals surface area contributed by atoms with Crippen molar-refractivity contribution < 1.29 is 14.3 Å². The van der Waals surface area contributed by atoms with Crippen LogP contribution in [-0.2, 0) is 22.5 Å². The van der Waals surface area contributed by atoms with Crippen molar-refractivity contribution in [1.29, 1.82) is 0 Å². The van der Waals surface area contributed by atoms with E-state index in [0.717, 1.165) is 36.1 Å². The molecule has 0 spiro atoms. The Labute approximate surface area is 211 Å². The normalized spacial score (nSPS) is 10.9. The predicted octanol–water partition coefficient (Wildman–Crippen LogP) is 3.14. The van der Waals surface area contributed by atoms with Crippen molar-refractivity contribution >= 4 is 11.9 Å². The third kappa shape index (κ3) is 8.16. The van der Waals surface area contributed by atoms with Gasteiger partial charge in [0.25, 0.3) is 11.5 Å². The van der Waals surface area contributed by atoms with Crippen LogP contribution in [0.1, 0.15) is 41.3 Å². The molecule has 0 aliphatic carbocycles. The number of carbonyl (C=O) groups excluding carboxylic acids is 2. The number of nitrogens with one attached hydrogen (secondary N) is 1. The summed E-state index contributed by atoms with van der Waals surface area (Å²) < 4.78 is 6.41. The van der Waals surface area contributed by atoms with E-state index in [1.165, 1.54) is 10.7 Å². The number of unbranched alkanes of at least 4 members (excludes halogenated alkanes) is 1. The third-order valence-corrected chi connectivity index (χ3v) is 5.60. The van der Waals surface area contributed by atoms with Gasteiger partial charge in [0.1, 0.15) is 0 Å². The Bertz CT molecular complexity index is 1220. The predicted molar refractivity (Wildman–Crippen MR) is 140 cm³/mol. The largest absolute Gasteiger partial charge is 0.466 e. The lowest BCUT2D eigenvalue weighted by atomic mass is 10.1. The standard InChI is InChI=1S/C28H34N4O4/c1-4-36-27(34)19-21-8-7-9-22(18-21)20-32-26(33)15-14-25(30-32)23-10-12-24(13-11-23)28(35)29-16-5-6-17-31(2)3/h7-15,18H,4-6,16-17,19-20H2,1-3H3,(H,29,35). The average molecular weight is 491 g/mol. The first-order valence-corrected chi connectivity index (χ1v) is 12.2. The molecule has 8 heteroatoms. The number of carbonyl (C=O) groups is 2. The van der Waals surface area contributed by atoms with Gasteiger partial charge in [-0.25, -0.2) is 4.68 Å². The van der Waals surface area contributed by atoms with Gasteiger partial charge in [0.2, 0.25) is 0 Å². The van der Waals surface area contributed by atoms with Crippen molar-refractivity contribution in [3.8, 4) is 11.3 Å². The van der Waals surface area contributed by atoms with Gasteiger partial charge in [0.15, 0.2) is 0 Å². The molecule has 0 atom stereocenters. The zero-order valence-electron chi connectivity index (χ0n) is 21.2. The molecule has 0 radical (unpaired) electrons. The lowest BCUT2D eigenvalue weighted by Crippen LogP contribution is -2.25. The van der Waals surface area contributed by atoms with Crippen LogP contribution >= 0.6 is 0 Å². The highest BCUT2D eigenvalue weighted by Crippen LogP contribution is 2.17. The van der Waals surface area contributed by atoms with Crippen molar-refractivity contribution in [3.63, 3.8) is 0 Å². The lowest BCUT2D eigenvalue weighted by molar-refractivity contribution is -0.142. The summed E-state index contributed by atoms with van der Waals surface area (Å²) >= 11 is 0. The van der Waals surface area contributed by atoms with Crippen LogP contribution in [0.15, 0.2) is 65.5 Å². The smallest absolute Gasteiger partial charge is 0.310 e. The van der Waals surface area contributed by atoms with E-state index in [2.05, 4.69) is 15.3 Å². The van der Waals surface area contributed by atoms with Gasteiger partial charge in [-0.05, 0) is 69.7 Å². The molecule has 2 aromatic carbocycles. The van der Waals surface area contributed by atoms with Crippen LogP contribution in [0, 0.1) is 0 Å². The maximum Gasteiger partial charge on any atom is 0.310 e. The molecule has 0 aliphatic heterocycles. The maximum absolute atomic E-state index is 12.5. The van der Waals surface area contributed by atoms with Gasteiger partial charge in [0.05, 0.1) is 25.3 Å². The number of amides is 1.